The zero-order valence-corrected chi connectivity index (χ0v) is 9.23. The van der Waals surface area contributed by atoms with Crippen LogP contribution in [0, 0.1) is 0 Å². The first-order valence-corrected chi connectivity index (χ1v) is 5.44. The molecular weight excluding hydrogens is 198 g/mol. The number of anilines is 2. The van der Waals surface area contributed by atoms with Crippen LogP contribution in [0.3, 0.4) is 0 Å². The highest BCUT2D eigenvalue weighted by Crippen LogP contribution is 2.47. The second-order valence-corrected chi connectivity index (χ2v) is 4.65. The van der Waals surface area contributed by atoms with Gasteiger partial charge in [-0.2, -0.15) is 0 Å². The summed E-state index contributed by atoms with van der Waals surface area (Å²) in [5.74, 6) is 0.885. The van der Waals surface area contributed by atoms with E-state index in [1.54, 1.807) is 0 Å². The third-order valence-electron chi connectivity index (χ3n) is 2.36. The molecule has 2 rings (SSSR count). The summed E-state index contributed by atoms with van der Waals surface area (Å²) in [4.78, 5) is 3.17. The molecule has 1 aromatic heterocycles. The molecule has 1 atom stereocenters. The van der Waals surface area contributed by atoms with E-state index in [2.05, 4.69) is 4.90 Å². The van der Waals surface area contributed by atoms with E-state index in [4.69, 9.17) is 16.2 Å². The van der Waals surface area contributed by atoms with Crippen molar-refractivity contribution in [3.05, 3.63) is 4.88 Å². The van der Waals surface area contributed by atoms with Gasteiger partial charge in [-0.1, -0.05) is 0 Å². The molecule has 0 radical (unpaired) electrons. The molecule has 0 saturated heterocycles. The number of rotatable bonds is 1. The number of nitrogens with two attached hydrogens (primary N) is 2. The van der Waals surface area contributed by atoms with E-state index in [9.17, 15) is 0 Å². The number of ether oxygens (including phenoxy) is 1. The van der Waals surface area contributed by atoms with Gasteiger partial charge in [0.05, 0.1) is 11.4 Å². The Hall–Kier alpha value is -0.940. The molecule has 0 saturated carbocycles. The average Bonchev–Trinajstić information content (AvgIpc) is 2.45. The van der Waals surface area contributed by atoms with Crippen LogP contribution < -0.4 is 21.1 Å². The molecule has 1 aromatic rings. The molecule has 2 heterocycles. The summed E-state index contributed by atoms with van der Waals surface area (Å²) in [6.45, 7) is 3.54. The minimum Gasteiger partial charge on any atom is -0.488 e. The Kier molecular flexibility index (Phi) is 2.28. The fourth-order valence-corrected chi connectivity index (χ4v) is 2.66. The maximum absolute atomic E-state index is 5.93. The van der Waals surface area contributed by atoms with Crippen molar-refractivity contribution in [3.8, 4) is 5.75 Å². The lowest BCUT2D eigenvalue weighted by Crippen LogP contribution is -2.29. The van der Waals surface area contributed by atoms with Gasteiger partial charge < -0.3 is 21.1 Å². The number of hydrogen-bond donors (Lipinski definition) is 2. The van der Waals surface area contributed by atoms with Crippen molar-refractivity contribution in [1.82, 2.24) is 0 Å². The molecule has 0 bridgehead atoms. The zero-order valence-electron chi connectivity index (χ0n) is 8.41. The van der Waals surface area contributed by atoms with E-state index in [0.717, 1.165) is 27.9 Å². The highest BCUT2D eigenvalue weighted by molar-refractivity contribution is 7.17. The molecule has 4 nitrogen and oxygen atoms in total. The van der Waals surface area contributed by atoms with Crippen LogP contribution in [0.4, 0.5) is 10.7 Å². The maximum atomic E-state index is 5.93. The summed E-state index contributed by atoms with van der Waals surface area (Å²) in [6, 6.07) is -0.0162. The molecule has 1 unspecified atom stereocenters. The Bertz CT molecular complexity index is 348. The SMILES string of the molecule is CC(N)c1sc(N)c2c1OCCN2C. The van der Waals surface area contributed by atoms with Crippen LogP contribution in [0.15, 0.2) is 0 Å². The Morgan fingerprint density at radius 2 is 2.29 bits per heavy atom. The molecule has 14 heavy (non-hydrogen) atoms. The van der Waals surface area contributed by atoms with Crippen molar-refractivity contribution in [2.45, 2.75) is 13.0 Å². The number of fused-ring (bicyclic) bond motifs is 1. The number of nitrogen functional groups attached to an aromatic ring is 1. The average molecular weight is 213 g/mol. The van der Waals surface area contributed by atoms with E-state index < -0.39 is 0 Å². The minimum absolute atomic E-state index is 0.0162. The van der Waals surface area contributed by atoms with Crippen molar-refractivity contribution >= 4 is 22.0 Å². The number of likely N-dealkylation sites (N-methyl/N-ethyl adjacent to an activating group) is 1. The van der Waals surface area contributed by atoms with Gasteiger partial charge in [-0.25, -0.2) is 0 Å². The molecule has 5 heteroatoms. The first-order chi connectivity index (χ1) is 6.61. The monoisotopic (exact) mass is 213 g/mol. The summed E-state index contributed by atoms with van der Waals surface area (Å²) < 4.78 is 5.62. The van der Waals surface area contributed by atoms with E-state index in [1.165, 1.54) is 11.3 Å². The van der Waals surface area contributed by atoms with Crippen LogP contribution in [-0.4, -0.2) is 20.2 Å². The fraction of sp³-hybridized carbons (Fsp3) is 0.556. The van der Waals surface area contributed by atoms with Gasteiger partial charge in [0.25, 0.3) is 0 Å². The molecule has 0 fully saturated rings. The predicted molar refractivity (Wildman–Crippen MR) is 60.1 cm³/mol. The fourth-order valence-electron chi connectivity index (χ4n) is 1.64. The summed E-state index contributed by atoms with van der Waals surface area (Å²) in [5, 5.41) is 0.800. The van der Waals surface area contributed by atoms with E-state index in [0.29, 0.717) is 6.61 Å². The molecule has 0 aromatic carbocycles. The number of thiophene rings is 1. The Morgan fingerprint density at radius 3 is 2.93 bits per heavy atom. The Labute approximate surface area is 87.4 Å². The summed E-state index contributed by atoms with van der Waals surface area (Å²) in [6.07, 6.45) is 0. The predicted octanol–water partition coefficient (Wildman–Crippen LogP) is 1.18. The van der Waals surface area contributed by atoms with Gasteiger partial charge in [-0.15, -0.1) is 11.3 Å². The van der Waals surface area contributed by atoms with Crippen LogP contribution in [0.2, 0.25) is 0 Å². The molecule has 78 valence electrons. The second kappa shape index (κ2) is 3.33. The Balaban J connectivity index is 2.52. The van der Waals surface area contributed by atoms with Crippen molar-refractivity contribution in [2.24, 2.45) is 5.73 Å². The summed E-state index contributed by atoms with van der Waals surface area (Å²) in [5.41, 5.74) is 12.8. The van der Waals surface area contributed by atoms with Gasteiger partial charge in [0.15, 0.2) is 5.75 Å². The lowest BCUT2D eigenvalue weighted by molar-refractivity contribution is 0.309. The minimum atomic E-state index is -0.0162. The molecular formula is C9H15N3OS. The molecule has 0 aliphatic carbocycles. The maximum Gasteiger partial charge on any atom is 0.160 e. The normalized spacial score (nSPS) is 17.5. The standard InChI is InChI=1S/C9H15N3OS/c1-5(10)8-7-6(9(11)14-8)12(2)3-4-13-7/h5H,3-4,10-11H2,1-2H3. The topological polar surface area (TPSA) is 64.5 Å². The van der Waals surface area contributed by atoms with Crippen LogP contribution in [0.25, 0.3) is 0 Å². The highest BCUT2D eigenvalue weighted by atomic mass is 32.1. The molecule has 0 spiro atoms. The highest BCUT2D eigenvalue weighted by Gasteiger charge is 2.25. The van der Waals surface area contributed by atoms with Crippen LogP contribution in [0.1, 0.15) is 17.8 Å². The van der Waals surface area contributed by atoms with Gasteiger partial charge in [0.2, 0.25) is 0 Å². The van der Waals surface area contributed by atoms with Crippen LogP contribution >= 0.6 is 11.3 Å². The van der Waals surface area contributed by atoms with E-state index in [-0.39, 0.29) is 6.04 Å². The van der Waals surface area contributed by atoms with Gasteiger partial charge in [-0.05, 0) is 6.92 Å². The quantitative estimate of drug-likeness (QED) is 0.735. The molecule has 4 N–H and O–H groups in total. The van der Waals surface area contributed by atoms with Crippen molar-refractivity contribution in [2.75, 3.05) is 30.8 Å². The lowest BCUT2D eigenvalue weighted by atomic mass is 10.2. The van der Waals surface area contributed by atoms with Gasteiger partial charge >= 0.3 is 0 Å². The molecule has 0 amide bonds. The van der Waals surface area contributed by atoms with Gasteiger partial charge in [0.1, 0.15) is 17.3 Å². The lowest BCUT2D eigenvalue weighted by Gasteiger charge is -2.26. The van der Waals surface area contributed by atoms with Crippen LogP contribution in [-0.2, 0) is 0 Å². The van der Waals surface area contributed by atoms with Gasteiger partial charge in [0, 0.05) is 13.1 Å². The second-order valence-electron chi connectivity index (χ2n) is 3.57. The third kappa shape index (κ3) is 1.33. The van der Waals surface area contributed by atoms with Crippen molar-refractivity contribution < 1.29 is 4.74 Å². The summed E-state index contributed by atoms with van der Waals surface area (Å²) in [7, 11) is 2.02. The first-order valence-electron chi connectivity index (χ1n) is 4.63. The smallest absolute Gasteiger partial charge is 0.160 e. The largest absolute Gasteiger partial charge is 0.488 e. The van der Waals surface area contributed by atoms with E-state index in [1.807, 2.05) is 14.0 Å². The van der Waals surface area contributed by atoms with Crippen molar-refractivity contribution in [1.29, 1.82) is 0 Å². The zero-order chi connectivity index (χ0) is 10.3. The van der Waals surface area contributed by atoms with Crippen LogP contribution in [0.5, 0.6) is 5.75 Å². The van der Waals surface area contributed by atoms with E-state index >= 15 is 0 Å². The number of nitrogens with zero attached hydrogens (tertiary/aromatic N) is 1. The number of hydrogen-bond acceptors (Lipinski definition) is 5. The van der Waals surface area contributed by atoms with Crippen molar-refractivity contribution in [3.63, 3.8) is 0 Å². The van der Waals surface area contributed by atoms with Gasteiger partial charge in [-0.3, -0.25) is 0 Å². The summed E-state index contributed by atoms with van der Waals surface area (Å²) >= 11 is 1.53. The Morgan fingerprint density at radius 1 is 1.57 bits per heavy atom. The third-order valence-corrected chi connectivity index (χ3v) is 3.55. The molecule has 1 aliphatic rings. The molecule has 1 aliphatic heterocycles. The first kappa shape index (κ1) is 9.61.